The van der Waals surface area contributed by atoms with Crippen LogP contribution in [0, 0.1) is 5.41 Å². The minimum absolute atomic E-state index is 0.0287. The molecule has 1 aliphatic heterocycles. The van der Waals surface area contributed by atoms with Crippen molar-refractivity contribution in [3.63, 3.8) is 0 Å². The van der Waals surface area contributed by atoms with E-state index >= 15 is 0 Å². The molecule has 2 atom stereocenters. The number of hydrogen-bond acceptors (Lipinski definition) is 3. The molecule has 0 aromatic heterocycles. The molecule has 110 valence electrons. The van der Waals surface area contributed by atoms with Gasteiger partial charge >= 0.3 is 0 Å². The van der Waals surface area contributed by atoms with E-state index in [0.29, 0.717) is 13.2 Å². The second kappa shape index (κ2) is 5.19. The molecular weight excluding hydrogens is 252 g/mol. The quantitative estimate of drug-likeness (QED) is 0.871. The zero-order chi connectivity index (χ0) is 15.0. The van der Waals surface area contributed by atoms with E-state index in [9.17, 15) is 4.79 Å². The van der Waals surface area contributed by atoms with Gasteiger partial charge in [-0.05, 0) is 24.0 Å². The van der Waals surface area contributed by atoms with Crippen LogP contribution in [0.15, 0.2) is 24.3 Å². The number of ether oxygens (including phenoxy) is 1. The Kier molecular flexibility index (Phi) is 3.89. The summed E-state index contributed by atoms with van der Waals surface area (Å²) in [5, 5.41) is 3.03. The molecule has 4 nitrogen and oxygen atoms in total. The predicted octanol–water partition coefficient (Wildman–Crippen LogP) is 2.29. The summed E-state index contributed by atoms with van der Waals surface area (Å²) in [6.07, 6.45) is 0. The molecule has 1 aromatic carbocycles. The number of carbonyl (C=O) groups is 1. The lowest BCUT2D eigenvalue weighted by atomic mass is 9.83. The van der Waals surface area contributed by atoms with Gasteiger partial charge in [0.05, 0.1) is 18.6 Å². The van der Waals surface area contributed by atoms with E-state index in [-0.39, 0.29) is 17.4 Å². The van der Waals surface area contributed by atoms with Crippen LogP contribution in [0.1, 0.15) is 33.3 Å². The molecule has 0 saturated carbocycles. The van der Waals surface area contributed by atoms with Crippen molar-refractivity contribution >= 4 is 11.6 Å². The first-order valence-electron chi connectivity index (χ1n) is 6.99. The Morgan fingerprint density at radius 2 is 2.05 bits per heavy atom. The molecule has 3 N–H and O–H groups in total. The van der Waals surface area contributed by atoms with Crippen molar-refractivity contribution in [2.24, 2.45) is 11.1 Å². The van der Waals surface area contributed by atoms with E-state index < -0.39 is 5.41 Å². The van der Waals surface area contributed by atoms with E-state index in [1.54, 1.807) is 0 Å². The van der Waals surface area contributed by atoms with Gasteiger partial charge in [0.15, 0.2) is 0 Å². The zero-order valence-electron chi connectivity index (χ0n) is 12.7. The van der Waals surface area contributed by atoms with Crippen molar-refractivity contribution in [3.05, 3.63) is 29.8 Å². The molecule has 4 heteroatoms. The average molecular weight is 276 g/mol. The number of carbonyl (C=O) groups excluding carboxylic acids is 1. The fourth-order valence-electron chi connectivity index (χ4n) is 2.43. The van der Waals surface area contributed by atoms with E-state index in [0.717, 1.165) is 11.3 Å². The molecule has 1 heterocycles. The van der Waals surface area contributed by atoms with Crippen molar-refractivity contribution in [2.75, 3.05) is 18.5 Å². The van der Waals surface area contributed by atoms with Gasteiger partial charge in [-0.25, -0.2) is 0 Å². The summed E-state index contributed by atoms with van der Waals surface area (Å²) >= 11 is 0. The number of nitrogens with two attached hydrogens (primary N) is 1. The maximum atomic E-state index is 12.6. The smallest absolute Gasteiger partial charge is 0.234 e. The van der Waals surface area contributed by atoms with E-state index in [4.69, 9.17) is 10.5 Å². The van der Waals surface area contributed by atoms with Crippen LogP contribution in [0.2, 0.25) is 0 Å². The second-order valence-electron chi connectivity index (χ2n) is 6.79. The summed E-state index contributed by atoms with van der Waals surface area (Å²) < 4.78 is 5.34. The number of para-hydroxylation sites is 1. The van der Waals surface area contributed by atoms with Crippen molar-refractivity contribution < 1.29 is 9.53 Å². The Morgan fingerprint density at radius 3 is 2.60 bits per heavy atom. The number of nitrogens with one attached hydrogen (secondary N) is 1. The van der Waals surface area contributed by atoms with Gasteiger partial charge in [-0.1, -0.05) is 39.0 Å². The third-order valence-electron chi connectivity index (χ3n) is 4.02. The highest BCUT2D eigenvalue weighted by Gasteiger charge is 2.44. The first-order chi connectivity index (χ1) is 9.25. The lowest BCUT2D eigenvalue weighted by Crippen LogP contribution is -2.47. The third-order valence-corrected chi connectivity index (χ3v) is 4.02. The average Bonchev–Trinajstić information content (AvgIpc) is 2.70. The van der Waals surface area contributed by atoms with Crippen LogP contribution in [0.3, 0.4) is 0 Å². The van der Waals surface area contributed by atoms with Crippen LogP contribution in [-0.2, 0) is 14.9 Å². The van der Waals surface area contributed by atoms with E-state index in [1.807, 2.05) is 31.2 Å². The Balaban J connectivity index is 2.25. The molecular formula is C16H24N2O2. The molecule has 1 fully saturated rings. The summed E-state index contributed by atoms with van der Waals surface area (Å²) in [5.41, 5.74) is 7.28. The molecule has 0 aliphatic carbocycles. The highest BCUT2D eigenvalue weighted by atomic mass is 16.5. The number of hydrogen-bond donors (Lipinski definition) is 2. The monoisotopic (exact) mass is 276 g/mol. The van der Waals surface area contributed by atoms with Gasteiger partial charge < -0.3 is 15.8 Å². The number of anilines is 1. The lowest BCUT2D eigenvalue weighted by molar-refractivity contribution is -0.125. The van der Waals surface area contributed by atoms with Crippen molar-refractivity contribution in [1.82, 2.24) is 0 Å². The highest BCUT2D eigenvalue weighted by molar-refractivity contribution is 5.96. The van der Waals surface area contributed by atoms with Crippen LogP contribution in [-0.4, -0.2) is 25.2 Å². The first kappa shape index (κ1) is 15.0. The Bertz CT molecular complexity index is 507. The van der Waals surface area contributed by atoms with Crippen LogP contribution in [0.25, 0.3) is 0 Å². The minimum atomic E-state index is -0.662. The van der Waals surface area contributed by atoms with E-state index in [2.05, 4.69) is 26.1 Å². The molecule has 1 amide bonds. The van der Waals surface area contributed by atoms with Gasteiger partial charge in [-0.3, -0.25) is 4.79 Å². The second-order valence-corrected chi connectivity index (χ2v) is 6.79. The van der Waals surface area contributed by atoms with Crippen LogP contribution < -0.4 is 11.1 Å². The normalized spacial score (nSPS) is 26.6. The molecule has 0 radical (unpaired) electrons. The van der Waals surface area contributed by atoms with Gasteiger partial charge in [-0.15, -0.1) is 0 Å². The Labute approximate surface area is 120 Å². The SMILES string of the molecule is CC(C)(C)c1ccccc1NC(=O)C1(C)COCC1N. The van der Waals surface area contributed by atoms with Gasteiger partial charge in [0.2, 0.25) is 5.91 Å². The number of benzene rings is 1. The standard InChI is InChI=1S/C16H24N2O2/c1-15(2,3)11-7-5-6-8-12(11)18-14(19)16(4)10-20-9-13(16)17/h5-8,13H,9-10,17H2,1-4H3,(H,18,19). The summed E-state index contributed by atoms with van der Waals surface area (Å²) in [6.45, 7) is 9.06. The summed E-state index contributed by atoms with van der Waals surface area (Å²) in [4.78, 5) is 12.6. The molecule has 1 aromatic rings. The van der Waals surface area contributed by atoms with Gasteiger partial charge in [0.25, 0.3) is 0 Å². The summed E-state index contributed by atoms with van der Waals surface area (Å²) in [6, 6.07) is 7.64. The summed E-state index contributed by atoms with van der Waals surface area (Å²) in [7, 11) is 0. The fraction of sp³-hybridized carbons (Fsp3) is 0.562. The molecule has 1 aliphatic rings. The number of amides is 1. The maximum Gasteiger partial charge on any atom is 0.234 e. The third kappa shape index (κ3) is 2.72. The Morgan fingerprint density at radius 1 is 1.40 bits per heavy atom. The molecule has 20 heavy (non-hydrogen) atoms. The zero-order valence-corrected chi connectivity index (χ0v) is 12.7. The first-order valence-corrected chi connectivity index (χ1v) is 6.99. The molecule has 0 spiro atoms. The van der Waals surface area contributed by atoms with Gasteiger partial charge in [-0.2, -0.15) is 0 Å². The van der Waals surface area contributed by atoms with Gasteiger partial charge in [0, 0.05) is 11.7 Å². The topological polar surface area (TPSA) is 64.3 Å². The molecule has 1 saturated heterocycles. The molecule has 2 rings (SSSR count). The Hall–Kier alpha value is -1.39. The van der Waals surface area contributed by atoms with Crippen LogP contribution in [0.5, 0.6) is 0 Å². The number of rotatable bonds is 2. The van der Waals surface area contributed by atoms with Crippen LogP contribution >= 0.6 is 0 Å². The highest BCUT2D eigenvalue weighted by Crippen LogP contribution is 2.32. The van der Waals surface area contributed by atoms with E-state index in [1.165, 1.54) is 0 Å². The van der Waals surface area contributed by atoms with Crippen molar-refractivity contribution in [1.29, 1.82) is 0 Å². The largest absolute Gasteiger partial charge is 0.379 e. The minimum Gasteiger partial charge on any atom is -0.379 e. The molecule has 0 bridgehead atoms. The van der Waals surface area contributed by atoms with Crippen LogP contribution in [0.4, 0.5) is 5.69 Å². The summed E-state index contributed by atoms with van der Waals surface area (Å²) in [5.74, 6) is -0.0702. The maximum absolute atomic E-state index is 12.6. The fourth-order valence-corrected chi connectivity index (χ4v) is 2.43. The van der Waals surface area contributed by atoms with Crippen molar-refractivity contribution in [2.45, 2.75) is 39.2 Å². The predicted molar refractivity (Wildman–Crippen MR) is 80.7 cm³/mol. The van der Waals surface area contributed by atoms with Crippen molar-refractivity contribution in [3.8, 4) is 0 Å². The lowest BCUT2D eigenvalue weighted by Gasteiger charge is -2.28. The molecule has 2 unspecified atom stereocenters. The van der Waals surface area contributed by atoms with Gasteiger partial charge in [0.1, 0.15) is 0 Å².